The smallest absolute Gasteiger partial charge is 0.110 e. The van der Waals surface area contributed by atoms with E-state index in [0.717, 1.165) is 28.8 Å². The minimum Gasteiger partial charge on any atom is -0.335 e. The summed E-state index contributed by atoms with van der Waals surface area (Å²) in [5.41, 5.74) is 3.87. The number of benzene rings is 1. The van der Waals surface area contributed by atoms with Gasteiger partial charge in [-0.25, -0.2) is 4.98 Å². The van der Waals surface area contributed by atoms with Gasteiger partial charge in [0.2, 0.25) is 0 Å². The van der Waals surface area contributed by atoms with Crippen molar-refractivity contribution in [2.45, 2.75) is 25.9 Å². The van der Waals surface area contributed by atoms with E-state index >= 15 is 0 Å². The normalized spacial score (nSPS) is 12.6. The summed E-state index contributed by atoms with van der Waals surface area (Å²) < 4.78 is 2.98. The Kier molecular flexibility index (Phi) is 4.99. The van der Waals surface area contributed by atoms with Crippen LogP contribution in [0, 0.1) is 0 Å². The molecular formula is C13H16BrClN4. The van der Waals surface area contributed by atoms with Crippen molar-refractivity contribution in [1.82, 2.24) is 15.0 Å². The molecule has 0 aliphatic heterocycles. The largest absolute Gasteiger partial charge is 0.335 e. The summed E-state index contributed by atoms with van der Waals surface area (Å²) in [6.45, 7) is 2.99. The predicted molar refractivity (Wildman–Crippen MR) is 80.8 cm³/mol. The first-order chi connectivity index (χ1) is 9.15. The van der Waals surface area contributed by atoms with Crippen molar-refractivity contribution in [3.63, 3.8) is 0 Å². The molecule has 0 aliphatic rings. The summed E-state index contributed by atoms with van der Waals surface area (Å²) >= 11 is 9.50. The van der Waals surface area contributed by atoms with Crippen LogP contribution in [0.15, 0.2) is 35.1 Å². The number of aryl methyl sites for hydroxylation is 1. The number of halogens is 2. The van der Waals surface area contributed by atoms with Crippen LogP contribution >= 0.6 is 27.5 Å². The second kappa shape index (κ2) is 6.52. The van der Waals surface area contributed by atoms with Gasteiger partial charge >= 0.3 is 0 Å². The lowest BCUT2D eigenvalue weighted by atomic mass is 10.0. The molecule has 6 heteroatoms. The van der Waals surface area contributed by atoms with Crippen LogP contribution in [-0.4, -0.2) is 9.55 Å². The number of nitrogens with zero attached hydrogens (tertiary/aromatic N) is 2. The standard InChI is InChI=1S/C13H16BrClN4/c1-2-19-6-5-17-13(19)8-12(18-16)9-3-4-10(14)11(15)7-9/h3-7,12,18H,2,8,16H2,1H3. The molecule has 1 aromatic carbocycles. The van der Waals surface area contributed by atoms with Crippen LogP contribution < -0.4 is 11.3 Å². The highest BCUT2D eigenvalue weighted by molar-refractivity contribution is 9.10. The Bertz CT molecular complexity index is 555. The number of rotatable bonds is 5. The third kappa shape index (κ3) is 3.36. The van der Waals surface area contributed by atoms with E-state index in [1.807, 2.05) is 24.4 Å². The Balaban J connectivity index is 2.22. The number of hydrogen-bond donors (Lipinski definition) is 2. The number of hydrazine groups is 1. The summed E-state index contributed by atoms with van der Waals surface area (Å²) in [5, 5.41) is 0.677. The Morgan fingerprint density at radius 3 is 2.95 bits per heavy atom. The highest BCUT2D eigenvalue weighted by Gasteiger charge is 2.14. The summed E-state index contributed by atoms with van der Waals surface area (Å²) in [6, 6.07) is 5.82. The maximum Gasteiger partial charge on any atom is 0.110 e. The molecule has 4 nitrogen and oxygen atoms in total. The van der Waals surface area contributed by atoms with E-state index in [-0.39, 0.29) is 6.04 Å². The molecular weight excluding hydrogens is 328 g/mol. The summed E-state index contributed by atoms with van der Waals surface area (Å²) in [7, 11) is 0. The molecule has 102 valence electrons. The molecule has 0 spiro atoms. The van der Waals surface area contributed by atoms with Crippen LogP contribution in [0.25, 0.3) is 0 Å². The predicted octanol–water partition coefficient (Wildman–Crippen LogP) is 3.07. The number of nitrogens with two attached hydrogens (primary N) is 1. The van der Waals surface area contributed by atoms with E-state index < -0.39 is 0 Å². The van der Waals surface area contributed by atoms with Crippen LogP contribution in [0.1, 0.15) is 24.4 Å². The second-order valence-electron chi connectivity index (χ2n) is 4.23. The first kappa shape index (κ1) is 14.5. The molecule has 2 aromatic rings. The van der Waals surface area contributed by atoms with Gasteiger partial charge in [-0.15, -0.1) is 0 Å². The molecule has 0 saturated heterocycles. The van der Waals surface area contributed by atoms with Gasteiger partial charge in [-0.3, -0.25) is 11.3 Å². The van der Waals surface area contributed by atoms with Crippen molar-refractivity contribution in [2.24, 2.45) is 5.84 Å². The molecule has 0 saturated carbocycles. The molecule has 0 aliphatic carbocycles. The molecule has 1 aromatic heterocycles. The molecule has 0 bridgehead atoms. The summed E-state index contributed by atoms with van der Waals surface area (Å²) in [6.07, 6.45) is 4.49. The lowest BCUT2D eigenvalue weighted by molar-refractivity contribution is 0.523. The second-order valence-corrected chi connectivity index (χ2v) is 5.49. The first-order valence-corrected chi connectivity index (χ1v) is 7.24. The molecule has 3 N–H and O–H groups in total. The molecule has 1 unspecified atom stereocenters. The number of imidazole rings is 1. The SMILES string of the molecule is CCn1ccnc1CC(NN)c1ccc(Br)c(Cl)c1. The van der Waals surface area contributed by atoms with Crippen molar-refractivity contribution >= 4 is 27.5 Å². The maximum absolute atomic E-state index is 6.12. The van der Waals surface area contributed by atoms with Gasteiger partial charge in [0.25, 0.3) is 0 Å². The molecule has 19 heavy (non-hydrogen) atoms. The van der Waals surface area contributed by atoms with Crippen molar-refractivity contribution in [2.75, 3.05) is 0 Å². The zero-order valence-corrected chi connectivity index (χ0v) is 12.9. The van der Waals surface area contributed by atoms with Crippen molar-refractivity contribution in [3.05, 3.63) is 51.5 Å². The average Bonchev–Trinajstić information content (AvgIpc) is 2.86. The zero-order chi connectivity index (χ0) is 13.8. The third-order valence-electron chi connectivity index (χ3n) is 3.08. The van der Waals surface area contributed by atoms with Gasteiger partial charge in [-0.2, -0.15) is 0 Å². The number of aromatic nitrogens is 2. The average molecular weight is 344 g/mol. The summed E-state index contributed by atoms with van der Waals surface area (Å²) in [4.78, 5) is 4.37. The third-order valence-corrected chi connectivity index (χ3v) is 4.31. The maximum atomic E-state index is 6.12. The fourth-order valence-electron chi connectivity index (χ4n) is 2.00. The highest BCUT2D eigenvalue weighted by atomic mass is 79.9. The van der Waals surface area contributed by atoms with Gasteiger partial charge in [0.1, 0.15) is 5.82 Å². The molecule has 1 atom stereocenters. The molecule has 1 heterocycles. The van der Waals surface area contributed by atoms with Crippen molar-refractivity contribution < 1.29 is 0 Å². The van der Waals surface area contributed by atoms with Crippen LogP contribution in [0.5, 0.6) is 0 Å². The first-order valence-electron chi connectivity index (χ1n) is 6.06. The Hall–Kier alpha value is -0.880. The topological polar surface area (TPSA) is 55.9 Å². The van der Waals surface area contributed by atoms with E-state index in [0.29, 0.717) is 5.02 Å². The molecule has 0 fully saturated rings. The fourth-order valence-corrected chi connectivity index (χ4v) is 2.44. The molecule has 2 rings (SSSR count). The number of hydrogen-bond acceptors (Lipinski definition) is 3. The van der Waals surface area contributed by atoms with E-state index in [4.69, 9.17) is 17.4 Å². The highest BCUT2D eigenvalue weighted by Crippen LogP contribution is 2.27. The van der Waals surface area contributed by atoms with Gasteiger partial charge in [-0.05, 0) is 40.5 Å². The lowest BCUT2D eigenvalue weighted by Crippen LogP contribution is -2.30. The number of nitrogens with one attached hydrogen (secondary N) is 1. The van der Waals surface area contributed by atoms with Gasteiger partial charge in [0.15, 0.2) is 0 Å². The van der Waals surface area contributed by atoms with Crippen LogP contribution in [0.2, 0.25) is 5.02 Å². The quantitative estimate of drug-likeness (QED) is 0.648. The van der Waals surface area contributed by atoms with E-state index in [2.05, 4.69) is 37.8 Å². The fraction of sp³-hybridized carbons (Fsp3) is 0.308. The molecule has 0 radical (unpaired) electrons. The minimum atomic E-state index is -0.0155. The summed E-state index contributed by atoms with van der Waals surface area (Å²) in [5.74, 6) is 6.66. The molecule has 0 amide bonds. The van der Waals surface area contributed by atoms with E-state index in [9.17, 15) is 0 Å². The van der Waals surface area contributed by atoms with Crippen molar-refractivity contribution in [3.8, 4) is 0 Å². The van der Waals surface area contributed by atoms with Gasteiger partial charge in [0, 0.05) is 29.8 Å². The zero-order valence-electron chi connectivity index (χ0n) is 10.6. The van der Waals surface area contributed by atoms with E-state index in [1.165, 1.54) is 0 Å². The lowest BCUT2D eigenvalue weighted by Gasteiger charge is -2.17. The van der Waals surface area contributed by atoms with Crippen LogP contribution in [0.4, 0.5) is 0 Å². The van der Waals surface area contributed by atoms with Gasteiger partial charge in [0.05, 0.1) is 11.1 Å². The van der Waals surface area contributed by atoms with Crippen LogP contribution in [0.3, 0.4) is 0 Å². The van der Waals surface area contributed by atoms with Crippen LogP contribution in [-0.2, 0) is 13.0 Å². The van der Waals surface area contributed by atoms with Crippen molar-refractivity contribution in [1.29, 1.82) is 0 Å². The van der Waals surface area contributed by atoms with Gasteiger partial charge < -0.3 is 4.57 Å². The Labute approximate surface area is 126 Å². The minimum absolute atomic E-state index is 0.0155. The monoisotopic (exact) mass is 342 g/mol. The Morgan fingerprint density at radius 2 is 2.32 bits per heavy atom. The van der Waals surface area contributed by atoms with E-state index in [1.54, 1.807) is 6.20 Å². The van der Waals surface area contributed by atoms with Gasteiger partial charge in [-0.1, -0.05) is 17.7 Å². The Morgan fingerprint density at radius 1 is 1.53 bits per heavy atom.